The summed E-state index contributed by atoms with van der Waals surface area (Å²) in [5.41, 5.74) is 0.923. The fourth-order valence-corrected chi connectivity index (χ4v) is 4.38. The van der Waals surface area contributed by atoms with Crippen molar-refractivity contribution in [3.05, 3.63) is 58.7 Å². The van der Waals surface area contributed by atoms with Crippen molar-refractivity contribution in [2.24, 2.45) is 5.10 Å². The molecule has 31 heavy (non-hydrogen) atoms. The van der Waals surface area contributed by atoms with Crippen molar-refractivity contribution in [1.82, 2.24) is 0 Å². The maximum Gasteiger partial charge on any atom is 0.416 e. The van der Waals surface area contributed by atoms with Crippen LogP contribution in [-0.2, 0) is 15.7 Å². The number of rotatable bonds is 8. The lowest BCUT2D eigenvalue weighted by atomic mass is 10.1. The van der Waals surface area contributed by atoms with Gasteiger partial charge in [-0.15, -0.1) is 0 Å². The molecule has 1 N–H and O–H groups in total. The van der Waals surface area contributed by atoms with Crippen molar-refractivity contribution in [3.63, 3.8) is 0 Å². The van der Waals surface area contributed by atoms with Gasteiger partial charge in [-0.3, -0.25) is 15.5 Å². The molecule has 0 bridgehead atoms. The van der Waals surface area contributed by atoms with Gasteiger partial charge in [0.15, 0.2) is 6.61 Å². The number of hydrazone groups is 1. The number of carbonyl (C=O) groups is 1. The Morgan fingerprint density at radius 1 is 1.26 bits per heavy atom. The Bertz CT molecular complexity index is 992. The predicted octanol–water partition coefficient (Wildman–Crippen LogP) is 5.21. The first kappa shape index (κ1) is 25.1. The average Bonchev–Trinajstić information content (AvgIpc) is 2.66. The molecule has 0 aliphatic rings. The monoisotopic (exact) mass is 663 g/mol. The second-order valence-electron chi connectivity index (χ2n) is 5.76. The van der Waals surface area contributed by atoms with E-state index in [-0.39, 0.29) is 18.9 Å². The lowest BCUT2D eigenvalue weighted by Gasteiger charge is -2.11. The van der Waals surface area contributed by atoms with Gasteiger partial charge < -0.3 is 9.47 Å². The summed E-state index contributed by atoms with van der Waals surface area (Å²) in [6.07, 6.45) is -3.35. The van der Waals surface area contributed by atoms with Crippen LogP contribution in [0.3, 0.4) is 0 Å². The minimum atomic E-state index is -4.70. The van der Waals surface area contributed by atoms with E-state index in [4.69, 9.17) is 9.47 Å². The maximum atomic E-state index is 12.8. The molecule has 13 heteroatoms. The Morgan fingerprint density at radius 3 is 2.45 bits per heavy atom. The minimum absolute atomic E-state index is 0.187. The molecule has 0 saturated carbocycles. The molecule has 166 valence electrons. The van der Waals surface area contributed by atoms with E-state index in [1.807, 2.05) is 45.2 Å². The van der Waals surface area contributed by atoms with Gasteiger partial charge >= 0.3 is 12.1 Å². The Hall–Kier alpha value is -2.17. The SMILES string of the molecule is CCOC(=O)COc1c(I)cc(/C=N\Nc2ccc(C(F)(F)F)cc2[N+](=O)[O-])cc1I. The van der Waals surface area contributed by atoms with Crippen LogP contribution in [-0.4, -0.2) is 30.3 Å². The van der Waals surface area contributed by atoms with Crippen molar-refractivity contribution in [2.45, 2.75) is 13.1 Å². The average molecular weight is 663 g/mol. The summed E-state index contributed by atoms with van der Waals surface area (Å²) in [6, 6.07) is 5.50. The fraction of sp³-hybridized carbons (Fsp3) is 0.222. The molecule has 0 unspecified atom stereocenters. The molecule has 0 fully saturated rings. The van der Waals surface area contributed by atoms with Crippen LogP contribution < -0.4 is 10.2 Å². The zero-order valence-electron chi connectivity index (χ0n) is 15.7. The Morgan fingerprint density at radius 2 is 1.90 bits per heavy atom. The summed E-state index contributed by atoms with van der Waals surface area (Å²) in [5.74, 6) is -0.0141. The number of esters is 1. The molecule has 0 aromatic heterocycles. The summed E-state index contributed by atoms with van der Waals surface area (Å²) >= 11 is 4.02. The minimum Gasteiger partial charge on any atom is -0.480 e. The highest BCUT2D eigenvalue weighted by Gasteiger charge is 2.33. The molecular formula is C18H14F3I2N3O5. The number of halogens is 5. The number of nitro benzene ring substituents is 1. The van der Waals surface area contributed by atoms with Crippen molar-refractivity contribution in [1.29, 1.82) is 0 Å². The first-order chi connectivity index (χ1) is 14.5. The molecule has 0 radical (unpaired) electrons. The molecule has 0 saturated heterocycles. The molecular weight excluding hydrogens is 649 g/mol. The van der Waals surface area contributed by atoms with E-state index < -0.39 is 28.3 Å². The molecule has 0 atom stereocenters. The highest BCUT2D eigenvalue weighted by molar-refractivity contribution is 14.1. The van der Waals surface area contributed by atoms with Gasteiger partial charge in [0.25, 0.3) is 5.69 Å². The number of benzene rings is 2. The van der Waals surface area contributed by atoms with Crippen LogP contribution in [0.2, 0.25) is 0 Å². The number of alkyl halides is 3. The van der Waals surface area contributed by atoms with E-state index in [2.05, 4.69) is 10.5 Å². The molecule has 0 spiro atoms. The highest BCUT2D eigenvalue weighted by Crippen LogP contribution is 2.35. The van der Waals surface area contributed by atoms with Crippen LogP contribution in [0.5, 0.6) is 5.75 Å². The van der Waals surface area contributed by atoms with E-state index in [0.717, 1.165) is 12.1 Å². The summed E-state index contributed by atoms with van der Waals surface area (Å²) in [4.78, 5) is 21.6. The number of carbonyl (C=O) groups excluding carboxylic acids is 1. The number of hydrogen-bond donors (Lipinski definition) is 1. The standard InChI is InChI=1S/C18H14F3I2N3O5/c1-2-30-16(27)9-31-17-12(22)5-10(6-13(17)23)8-24-25-14-4-3-11(18(19,20)21)7-15(14)26(28)29/h3-8,25H,2,9H2,1H3/b24-8-. The Labute approximate surface area is 201 Å². The van der Waals surface area contributed by atoms with E-state index in [1.54, 1.807) is 19.1 Å². The van der Waals surface area contributed by atoms with Gasteiger partial charge in [-0.05, 0) is 81.9 Å². The molecule has 2 aromatic carbocycles. The maximum absolute atomic E-state index is 12.8. The molecule has 2 aromatic rings. The van der Waals surface area contributed by atoms with Crippen molar-refractivity contribution < 1.29 is 32.4 Å². The van der Waals surface area contributed by atoms with Gasteiger partial charge in [-0.2, -0.15) is 18.3 Å². The molecule has 8 nitrogen and oxygen atoms in total. The normalized spacial score (nSPS) is 11.4. The van der Waals surface area contributed by atoms with Gasteiger partial charge in [0.2, 0.25) is 0 Å². The van der Waals surface area contributed by atoms with Crippen LogP contribution >= 0.6 is 45.2 Å². The largest absolute Gasteiger partial charge is 0.480 e. The van der Waals surface area contributed by atoms with E-state index in [1.165, 1.54) is 6.21 Å². The van der Waals surface area contributed by atoms with Crippen molar-refractivity contribution >= 4 is 68.7 Å². The Balaban J connectivity index is 2.16. The van der Waals surface area contributed by atoms with E-state index in [0.29, 0.717) is 24.5 Å². The van der Waals surface area contributed by atoms with Gasteiger partial charge in [0.1, 0.15) is 11.4 Å². The number of ether oxygens (including phenoxy) is 2. The first-order valence-electron chi connectivity index (χ1n) is 8.45. The third-order valence-electron chi connectivity index (χ3n) is 3.58. The van der Waals surface area contributed by atoms with Crippen LogP contribution in [0.4, 0.5) is 24.5 Å². The van der Waals surface area contributed by atoms with Crippen LogP contribution in [0.15, 0.2) is 35.4 Å². The van der Waals surface area contributed by atoms with Crippen molar-refractivity contribution in [2.75, 3.05) is 18.6 Å². The first-order valence-corrected chi connectivity index (χ1v) is 10.6. The van der Waals surface area contributed by atoms with Crippen molar-refractivity contribution in [3.8, 4) is 5.75 Å². The quantitative estimate of drug-likeness (QED) is 0.137. The van der Waals surface area contributed by atoms with E-state index >= 15 is 0 Å². The third-order valence-corrected chi connectivity index (χ3v) is 5.18. The van der Waals surface area contributed by atoms with E-state index in [9.17, 15) is 28.1 Å². The molecule has 0 heterocycles. The number of anilines is 1. The van der Waals surface area contributed by atoms with Gasteiger partial charge in [0, 0.05) is 6.07 Å². The molecule has 0 aliphatic carbocycles. The number of nitrogens with zero attached hydrogens (tertiary/aromatic N) is 2. The summed E-state index contributed by atoms with van der Waals surface area (Å²) < 4.78 is 50.0. The lowest BCUT2D eigenvalue weighted by Crippen LogP contribution is -2.15. The smallest absolute Gasteiger partial charge is 0.416 e. The highest BCUT2D eigenvalue weighted by atomic mass is 127. The molecule has 2 rings (SSSR count). The zero-order valence-corrected chi connectivity index (χ0v) is 20.0. The molecule has 0 aliphatic heterocycles. The topological polar surface area (TPSA) is 103 Å². The van der Waals surface area contributed by atoms with Crippen LogP contribution in [0.25, 0.3) is 0 Å². The zero-order chi connectivity index (χ0) is 23.2. The lowest BCUT2D eigenvalue weighted by molar-refractivity contribution is -0.384. The second-order valence-corrected chi connectivity index (χ2v) is 8.09. The third kappa shape index (κ3) is 7.19. The number of nitrogens with one attached hydrogen (secondary N) is 1. The van der Waals surface area contributed by atoms with Crippen LogP contribution in [0, 0.1) is 17.3 Å². The van der Waals surface area contributed by atoms with Crippen LogP contribution in [0.1, 0.15) is 18.1 Å². The number of hydrogen-bond acceptors (Lipinski definition) is 7. The predicted molar refractivity (Wildman–Crippen MR) is 123 cm³/mol. The van der Waals surface area contributed by atoms with Gasteiger partial charge in [-0.25, -0.2) is 4.79 Å². The van der Waals surface area contributed by atoms with Gasteiger partial charge in [0.05, 0.1) is 30.4 Å². The number of nitro groups is 1. The second kappa shape index (κ2) is 10.9. The van der Waals surface area contributed by atoms with Gasteiger partial charge in [-0.1, -0.05) is 0 Å². The summed E-state index contributed by atoms with van der Waals surface area (Å²) in [6.45, 7) is 1.69. The molecule has 0 amide bonds. The fourth-order valence-electron chi connectivity index (χ4n) is 2.26. The summed E-state index contributed by atoms with van der Waals surface area (Å²) in [5, 5.41) is 15.0. The Kier molecular flexibility index (Phi) is 8.84. The summed E-state index contributed by atoms with van der Waals surface area (Å²) in [7, 11) is 0.